The number of allylic oxidation sites excluding steroid dienone is 1. The Kier molecular flexibility index (Phi) is 5.38. The summed E-state index contributed by atoms with van der Waals surface area (Å²) in [6, 6.07) is 21.1. The summed E-state index contributed by atoms with van der Waals surface area (Å²) in [6.45, 7) is -0.453. The van der Waals surface area contributed by atoms with Gasteiger partial charge in [0.15, 0.2) is 18.1 Å². The first kappa shape index (κ1) is 18.0. The summed E-state index contributed by atoms with van der Waals surface area (Å²) in [5.74, 6) is -0.329. The van der Waals surface area contributed by atoms with Crippen molar-refractivity contribution in [1.82, 2.24) is 0 Å². The van der Waals surface area contributed by atoms with Crippen LogP contribution in [-0.2, 0) is 4.79 Å². The fourth-order valence-electron chi connectivity index (χ4n) is 2.83. The molecule has 0 heterocycles. The number of rotatable bonds is 6. The molecule has 0 bridgehead atoms. The second kappa shape index (κ2) is 8.07. The molecule has 1 N–H and O–H groups in total. The molecule has 0 saturated carbocycles. The third-order valence-corrected chi connectivity index (χ3v) is 4.05. The molecule has 0 atom stereocenters. The number of ether oxygens (including phenoxy) is 2. The summed E-state index contributed by atoms with van der Waals surface area (Å²) in [6.07, 6.45) is 1.77. The van der Waals surface area contributed by atoms with Gasteiger partial charge in [0.2, 0.25) is 0 Å². The highest BCUT2D eigenvalue weighted by Crippen LogP contribution is 2.31. The van der Waals surface area contributed by atoms with Gasteiger partial charge in [-0.15, -0.1) is 0 Å². The summed E-state index contributed by atoms with van der Waals surface area (Å²) in [5.41, 5.74) is 2.12. The van der Waals surface area contributed by atoms with E-state index in [-0.39, 0.29) is 0 Å². The van der Waals surface area contributed by atoms with Crippen LogP contribution in [0.25, 0.3) is 22.4 Å². The van der Waals surface area contributed by atoms with E-state index in [4.69, 9.17) is 14.6 Å². The van der Waals surface area contributed by atoms with Crippen molar-refractivity contribution in [3.8, 4) is 17.6 Å². The number of carbonyl (C=O) groups is 1. The zero-order chi connectivity index (χ0) is 19.2. The summed E-state index contributed by atoms with van der Waals surface area (Å²) in [5, 5.41) is 20.5. The zero-order valence-corrected chi connectivity index (χ0v) is 14.7. The highest BCUT2D eigenvalue weighted by molar-refractivity contribution is 6.01. The van der Waals surface area contributed by atoms with E-state index >= 15 is 0 Å². The van der Waals surface area contributed by atoms with Crippen molar-refractivity contribution in [3.63, 3.8) is 0 Å². The second-order valence-electron chi connectivity index (χ2n) is 5.79. The lowest BCUT2D eigenvalue weighted by Gasteiger charge is -2.10. The Bertz CT molecular complexity index is 1060. The number of carboxylic acids is 1. The maximum atomic E-state index is 10.7. The molecule has 0 aliphatic rings. The van der Waals surface area contributed by atoms with E-state index in [2.05, 4.69) is 6.07 Å². The summed E-state index contributed by atoms with van der Waals surface area (Å²) < 4.78 is 10.5. The van der Waals surface area contributed by atoms with Crippen LogP contribution in [0.5, 0.6) is 11.5 Å². The van der Waals surface area contributed by atoms with Crippen molar-refractivity contribution in [2.24, 2.45) is 0 Å². The largest absolute Gasteiger partial charge is 0.493 e. The van der Waals surface area contributed by atoms with Crippen LogP contribution in [0.15, 0.2) is 60.7 Å². The van der Waals surface area contributed by atoms with Crippen LogP contribution in [0.4, 0.5) is 0 Å². The van der Waals surface area contributed by atoms with Gasteiger partial charge in [-0.25, -0.2) is 4.79 Å². The molecular formula is C22H17NO4. The van der Waals surface area contributed by atoms with Crippen LogP contribution in [0.1, 0.15) is 11.1 Å². The molecule has 0 unspecified atom stereocenters. The summed E-state index contributed by atoms with van der Waals surface area (Å²) >= 11 is 0. The maximum absolute atomic E-state index is 10.7. The van der Waals surface area contributed by atoms with E-state index in [1.54, 1.807) is 24.3 Å². The van der Waals surface area contributed by atoms with Crippen LogP contribution in [0.2, 0.25) is 0 Å². The number of carboxylic acid groups (broad SMARTS) is 1. The average Bonchev–Trinajstić information content (AvgIpc) is 2.70. The highest BCUT2D eigenvalue weighted by Gasteiger charge is 2.10. The average molecular weight is 359 g/mol. The predicted molar refractivity (Wildman–Crippen MR) is 104 cm³/mol. The number of nitrogens with zero attached hydrogens (tertiary/aromatic N) is 1. The highest BCUT2D eigenvalue weighted by atomic mass is 16.5. The van der Waals surface area contributed by atoms with E-state index in [0.29, 0.717) is 17.1 Å². The molecule has 0 aliphatic carbocycles. The van der Waals surface area contributed by atoms with Crippen molar-refractivity contribution in [2.75, 3.05) is 13.7 Å². The minimum atomic E-state index is -1.07. The quantitative estimate of drug-likeness (QED) is 0.522. The van der Waals surface area contributed by atoms with Crippen LogP contribution in [0.3, 0.4) is 0 Å². The van der Waals surface area contributed by atoms with Gasteiger partial charge in [0.05, 0.1) is 18.8 Å². The standard InChI is InChI=1S/C22H17NO4/c1-26-21-12-15(9-10-20(21)27-14-22(24)25)11-17(13-23)19-8-4-6-16-5-2-3-7-18(16)19/h2-12H,14H2,1H3,(H,24,25)/b17-11-. The third-order valence-electron chi connectivity index (χ3n) is 4.05. The van der Waals surface area contributed by atoms with E-state index in [0.717, 1.165) is 21.9 Å². The summed E-state index contributed by atoms with van der Waals surface area (Å²) in [4.78, 5) is 10.7. The Morgan fingerprint density at radius 3 is 2.63 bits per heavy atom. The van der Waals surface area contributed by atoms with E-state index in [9.17, 15) is 10.1 Å². The number of benzene rings is 3. The van der Waals surface area contributed by atoms with E-state index in [1.165, 1.54) is 7.11 Å². The number of hydrogen-bond donors (Lipinski definition) is 1. The van der Waals surface area contributed by atoms with Crippen molar-refractivity contribution in [2.45, 2.75) is 0 Å². The molecule has 5 nitrogen and oxygen atoms in total. The Morgan fingerprint density at radius 2 is 1.89 bits per heavy atom. The second-order valence-corrected chi connectivity index (χ2v) is 5.79. The van der Waals surface area contributed by atoms with Gasteiger partial charge in [-0.1, -0.05) is 48.5 Å². The van der Waals surface area contributed by atoms with Gasteiger partial charge in [0.25, 0.3) is 0 Å². The first-order valence-corrected chi connectivity index (χ1v) is 8.25. The van der Waals surface area contributed by atoms with Gasteiger partial charge in [-0.05, 0) is 34.5 Å². The molecule has 3 aromatic carbocycles. The molecule has 0 spiro atoms. The molecular weight excluding hydrogens is 342 g/mol. The minimum Gasteiger partial charge on any atom is -0.493 e. The fraction of sp³-hybridized carbons (Fsp3) is 0.0909. The topological polar surface area (TPSA) is 79.5 Å². The van der Waals surface area contributed by atoms with Crippen LogP contribution in [0, 0.1) is 11.3 Å². The molecule has 0 fully saturated rings. The van der Waals surface area contributed by atoms with Crippen LogP contribution in [-0.4, -0.2) is 24.8 Å². The zero-order valence-electron chi connectivity index (χ0n) is 14.7. The molecule has 27 heavy (non-hydrogen) atoms. The number of fused-ring (bicyclic) bond motifs is 1. The maximum Gasteiger partial charge on any atom is 0.341 e. The molecule has 134 valence electrons. The lowest BCUT2D eigenvalue weighted by atomic mass is 9.97. The SMILES string of the molecule is COc1cc(/C=C(/C#N)c2cccc3ccccc23)ccc1OCC(=O)O. The van der Waals surface area contributed by atoms with Gasteiger partial charge in [-0.3, -0.25) is 0 Å². The number of methoxy groups -OCH3 is 1. The molecule has 0 amide bonds. The monoisotopic (exact) mass is 359 g/mol. The van der Waals surface area contributed by atoms with Crippen LogP contribution >= 0.6 is 0 Å². The van der Waals surface area contributed by atoms with Crippen molar-refractivity contribution >= 4 is 28.4 Å². The molecule has 3 rings (SSSR count). The molecule has 0 radical (unpaired) electrons. The molecule has 5 heteroatoms. The number of aliphatic carboxylic acids is 1. The predicted octanol–water partition coefficient (Wildman–Crippen LogP) is 4.38. The Hall–Kier alpha value is -3.78. The Labute approximate surface area is 156 Å². The van der Waals surface area contributed by atoms with Crippen molar-refractivity contribution < 1.29 is 19.4 Å². The summed E-state index contributed by atoms with van der Waals surface area (Å²) in [7, 11) is 1.48. The number of nitriles is 1. The molecule has 3 aromatic rings. The van der Waals surface area contributed by atoms with Gasteiger partial charge < -0.3 is 14.6 Å². The van der Waals surface area contributed by atoms with Gasteiger partial charge in [0.1, 0.15) is 0 Å². The van der Waals surface area contributed by atoms with Crippen molar-refractivity contribution in [3.05, 3.63) is 71.8 Å². The van der Waals surface area contributed by atoms with E-state index in [1.807, 2.05) is 42.5 Å². The van der Waals surface area contributed by atoms with Gasteiger partial charge >= 0.3 is 5.97 Å². The minimum absolute atomic E-state index is 0.334. The number of hydrogen-bond acceptors (Lipinski definition) is 4. The Morgan fingerprint density at radius 1 is 1.11 bits per heavy atom. The lowest BCUT2D eigenvalue weighted by Crippen LogP contribution is -2.10. The third kappa shape index (κ3) is 4.07. The smallest absolute Gasteiger partial charge is 0.341 e. The van der Waals surface area contributed by atoms with Gasteiger partial charge in [-0.2, -0.15) is 5.26 Å². The molecule has 0 saturated heterocycles. The normalized spacial score (nSPS) is 11.0. The van der Waals surface area contributed by atoms with E-state index < -0.39 is 12.6 Å². The fourth-order valence-corrected chi connectivity index (χ4v) is 2.83. The first-order chi connectivity index (χ1) is 13.1. The lowest BCUT2D eigenvalue weighted by molar-refractivity contribution is -0.139. The first-order valence-electron chi connectivity index (χ1n) is 8.25. The molecule has 0 aromatic heterocycles. The van der Waals surface area contributed by atoms with Gasteiger partial charge in [0, 0.05) is 5.56 Å². The van der Waals surface area contributed by atoms with Crippen molar-refractivity contribution in [1.29, 1.82) is 5.26 Å². The molecule has 0 aliphatic heterocycles. The Balaban J connectivity index is 2.01. The van der Waals surface area contributed by atoms with Crippen LogP contribution < -0.4 is 9.47 Å².